The van der Waals surface area contributed by atoms with Gasteiger partial charge in [-0.3, -0.25) is 15.0 Å². The minimum Gasteiger partial charge on any atom is -0.496 e. The lowest BCUT2D eigenvalue weighted by Gasteiger charge is -2.37. The second-order valence-corrected chi connectivity index (χ2v) is 9.89. The third-order valence-corrected chi connectivity index (χ3v) is 7.47. The molecular weight excluding hydrogens is 488 g/mol. The van der Waals surface area contributed by atoms with Crippen LogP contribution in [0.1, 0.15) is 36.9 Å². The molecule has 0 bridgehead atoms. The second kappa shape index (κ2) is 10.2. The highest BCUT2D eigenvalue weighted by atomic mass is 16.6. The van der Waals surface area contributed by atoms with Gasteiger partial charge in [0.15, 0.2) is 0 Å². The summed E-state index contributed by atoms with van der Waals surface area (Å²) in [7, 11) is 1.48. The first-order valence-electron chi connectivity index (χ1n) is 12.6. The van der Waals surface area contributed by atoms with Gasteiger partial charge in [0.2, 0.25) is 0 Å². The first kappa shape index (κ1) is 25.3. The third kappa shape index (κ3) is 4.93. The summed E-state index contributed by atoms with van der Waals surface area (Å²) in [4.78, 5) is 39.8. The number of urea groups is 1. The molecule has 1 unspecified atom stereocenters. The van der Waals surface area contributed by atoms with Gasteiger partial charge in [-0.1, -0.05) is 42.5 Å². The molecule has 5 rings (SSSR count). The monoisotopic (exact) mass is 518 g/mol. The van der Waals surface area contributed by atoms with Crippen molar-refractivity contribution in [2.75, 3.05) is 26.7 Å². The van der Waals surface area contributed by atoms with Gasteiger partial charge in [0.1, 0.15) is 11.4 Å². The maximum Gasteiger partial charge on any atom is 0.410 e. The molecule has 0 radical (unpaired) electrons. The number of non-ortho nitro benzene ring substituents is 1. The molecule has 1 spiro atoms. The number of benzene rings is 3. The van der Waals surface area contributed by atoms with Gasteiger partial charge in [0, 0.05) is 43.6 Å². The van der Waals surface area contributed by atoms with Crippen molar-refractivity contribution in [3.05, 3.63) is 81.9 Å². The topological polar surface area (TPSA) is 114 Å². The number of fused-ring (bicyclic) bond motifs is 1. The fourth-order valence-electron chi connectivity index (χ4n) is 5.38. The summed E-state index contributed by atoms with van der Waals surface area (Å²) in [6.07, 6.45) is 0.551. The number of hydrogen-bond donors (Lipinski definition) is 1. The van der Waals surface area contributed by atoms with E-state index in [-0.39, 0.29) is 24.3 Å². The Bertz CT molecular complexity index is 1380. The molecule has 0 aromatic heterocycles. The standard InChI is InChI=1S/C28H30N4O6/c1-19(23-9-5-7-20-6-3-4-8-24(20)23)29-26(33)30-14-12-28(13-15-30)18-31(27(34)38-28)17-21-16-22(32(35)36)10-11-25(21)37-2/h3-11,16,19H,12-15,17-18H2,1-2H3,(H,29,33). The maximum absolute atomic E-state index is 13.1. The summed E-state index contributed by atoms with van der Waals surface area (Å²) in [6.45, 7) is 3.37. The van der Waals surface area contributed by atoms with Gasteiger partial charge in [-0.15, -0.1) is 0 Å². The molecule has 0 saturated carbocycles. The summed E-state index contributed by atoms with van der Waals surface area (Å²) in [5.74, 6) is 0.469. The summed E-state index contributed by atoms with van der Waals surface area (Å²) >= 11 is 0. The van der Waals surface area contributed by atoms with Crippen LogP contribution in [0, 0.1) is 10.1 Å². The Kier molecular flexibility index (Phi) is 6.79. The molecule has 3 aromatic rings. The number of piperidine rings is 1. The van der Waals surface area contributed by atoms with Crippen molar-refractivity contribution in [1.82, 2.24) is 15.1 Å². The third-order valence-electron chi connectivity index (χ3n) is 7.47. The number of nitrogens with one attached hydrogen (secondary N) is 1. The van der Waals surface area contributed by atoms with Crippen molar-refractivity contribution in [3.8, 4) is 5.75 Å². The van der Waals surface area contributed by atoms with E-state index >= 15 is 0 Å². The Morgan fingerprint density at radius 3 is 2.63 bits per heavy atom. The molecule has 1 N–H and O–H groups in total. The van der Waals surface area contributed by atoms with Crippen molar-refractivity contribution in [2.24, 2.45) is 0 Å². The lowest BCUT2D eigenvalue weighted by atomic mass is 9.91. The highest BCUT2D eigenvalue weighted by molar-refractivity contribution is 5.86. The molecule has 10 nitrogen and oxygen atoms in total. The second-order valence-electron chi connectivity index (χ2n) is 9.89. The van der Waals surface area contributed by atoms with Gasteiger partial charge >= 0.3 is 12.1 Å². The number of amides is 3. The minimum absolute atomic E-state index is 0.0693. The highest BCUT2D eigenvalue weighted by Crippen LogP contribution is 2.36. The molecule has 2 aliphatic rings. The molecule has 3 aromatic carbocycles. The normalized spacial score (nSPS) is 17.4. The number of likely N-dealkylation sites (tertiary alicyclic amines) is 1. The van der Waals surface area contributed by atoms with Crippen LogP contribution in [-0.2, 0) is 11.3 Å². The molecule has 2 aliphatic heterocycles. The zero-order chi connectivity index (χ0) is 26.9. The van der Waals surface area contributed by atoms with E-state index in [1.807, 2.05) is 31.2 Å². The van der Waals surface area contributed by atoms with Crippen LogP contribution in [0.2, 0.25) is 0 Å². The van der Waals surface area contributed by atoms with Crippen LogP contribution in [0.4, 0.5) is 15.3 Å². The average Bonchev–Trinajstić information content (AvgIpc) is 3.22. The van der Waals surface area contributed by atoms with Crippen molar-refractivity contribution < 1.29 is 24.0 Å². The average molecular weight is 519 g/mol. The lowest BCUT2D eigenvalue weighted by molar-refractivity contribution is -0.384. The first-order chi connectivity index (χ1) is 18.3. The van der Waals surface area contributed by atoms with Crippen LogP contribution in [-0.4, -0.2) is 59.2 Å². The quantitative estimate of drug-likeness (QED) is 0.362. The minimum atomic E-state index is -0.691. The van der Waals surface area contributed by atoms with Gasteiger partial charge in [-0.05, 0) is 29.3 Å². The van der Waals surface area contributed by atoms with Gasteiger partial charge < -0.3 is 19.7 Å². The number of nitrogens with zero attached hydrogens (tertiary/aromatic N) is 3. The number of hydrogen-bond acceptors (Lipinski definition) is 6. The van der Waals surface area contributed by atoms with Crippen LogP contribution in [0.25, 0.3) is 10.8 Å². The first-order valence-corrected chi connectivity index (χ1v) is 12.6. The van der Waals surface area contributed by atoms with E-state index in [1.54, 1.807) is 9.80 Å². The van der Waals surface area contributed by atoms with Gasteiger partial charge in [0.05, 0.1) is 31.2 Å². The Hall–Kier alpha value is -4.34. The summed E-state index contributed by atoms with van der Waals surface area (Å²) in [6, 6.07) is 18.2. The van der Waals surface area contributed by atoms with Crippen molar-refractivity contribution in [3.63, 3.8) is 0 Å². The van der Waals surface area contributed by atoms with Gasteiger partial charge in [-0.25, -0.2) is 9.59 Å². The Labute approximate surface area is 220 Å². The van der Waals surface area contributed by atoms with E-state index in [2.05, 4.69) is 23.5 Å². The predicted octanol–water partition coefficient (Wildman–Crippen LogP) is 5.01. The van der Waals surface area contributed by atoms with E-state index in [9.17, 15) is 19.7 Å². The summed E-state index contributed by atoms with van der Waals surface area (Å²) in [5.41, 5.74) is 0.834. The molecule has 10 heteroatoms. The number of methoxy groups -OCH3 is 1. The molecule has 1 atom stereocenters. The van der Waals surface area contributed by atoms with E-state index in [4.69, 9.17) is 9.47 Å². The zero-order valence-corrected chi connectivity index (χ0v) is 21.4. The fourth-order valence-corrected chi connectivity index (χ4v) is 5.38. The van der Waals surface area contributed by atoms with Crippen LogP contribution in [0.5, 0.6) is 5.75 Å². The van der Waals surface area contributed by atoms with Gasteiger partial charge in [-0.2, -0.15) is 0 Å². The van der Waals surface area contributed by atoms with Crippen LogP contribution in [0.3, 0.4) is 0 Å². The van der Waals surface area contributed by atoms with E-state index < -0.39 is 16.6 Å². The van der Waals surface area contributed by atoms with Crippen LogP contribution < -0.4 is 10.1 Å². The van der Waals surface area contributed by atoms with Crippen LogP contribution in [0.15, 0.2) is 60.7 Å². The van der Waals surface area contributed by atoms with Crippen LogP contribution >= 0.6 is 0 Å². The number of carbonyl (C=O) groups is 2. The smallest absolute Gasteiger partial charge is 0.410 e. The van der Waals surface area contributed by atoms with Crippen molar-refractivity contribution >= 4 is 28.6 Å². The van der Waals surface area contributed by atoms with Crippen molar-refractivity contribution in [1.29, 1.82) is 0 Å². The molecule has 2 saturated heterocycles. The van der Waals surface area contributed by atoms with Gasteiger partial charge in [0.25, 0.3) is 5.69 Å². The fraction of sp³-hybridized carbons (Fsp3) is 0.357. The predicted molar refractivity (Wildman–Crippen MR) is 141 cm³/mol. The Morgan fingerprint density at radius 2 is 1.89 bits per heavy atom. The largest absolute Gasteiger partial charge is 0.496 e. The Balaban J connectivity index is 1.20. The number of carbonyl (C=O) groups excluding carboxylic acids is 2. The van der Waals surface area contributed by atoms with E-state index in [0.29, 0.717) is 43.8 Å². The Morgan fingerprint density at radius 1 is 1.16 bits per heavy atom. The van der Waals surface area contributed by atoms with Crippen molar-refractivity contribution in [2.45, 2.75) is 38.0 Å². The molecule has 2 heterocycles. The molecule has 0 aliphatic carbocycles. The number of rotatable bonds is 6. The SMILES string of the molecule is COc1ccc([N+](=O)[O-])cc1CN1CC2(CCN(C(=O)NC(C)c3cccc4ccccc34)CC2)OC1=O. The maximum atomic E-state index is 13.1. The highest BCUT2D eigenvalue weighted by Gasteiger charge is 2.47. The summed E-state index contributed by atoms with van der Waals surface area (Å²) in [5, 5.41) is 16.6. The molecular formula is C28H30N4O6. The molecule has 3 amide bonds. The number of nitro groups is 1. The zero-order valence-electron chi connectivity index (χ0n) is 21.4. The molecule has 38 heavy (non-hydrogen) atoms. The number of nitro benzene ring substituents is 1. The lowest BCUT2D eigenvalue weighted by Crippen LogP contribution is -2.51. The number of ether oxygens (including phenoxy) is 2. The molecule has 2 fully saturated rings. The van der Waals surface area contributed by atoms with E-state index in [1.165, 1.54) is 25.3 Å². The molecule has 198 valence electrons. The van der Waals surface area contributed by atoms with E-state index in [0.717, 1.165) is 16.3 Å². The summed E-state index contributed by atoms with van der Waals surface area (Å²) < 4.78 is 11.1.